The van der Waals surface area contributed by atoms with Crippen LogP contribution in [-0.4, -0.2) is 16.3 Å². The molecule has 2 atom stereocenters. The van der Waals surface area contributed by atoms with Crippen LogP contribution in [0.2, 0.25) is 0 Å². The Bertz CT molecular complexity index is 600. The van der Waals surface area contributed by atoms with Crippen LogP contribution in [0.25, 0.3) is 0 Å². The third-order valence-electron chi connectivity index (χ3n) is 3.23. The molecule has 0 saturated carbocycles. The zero-order valence-corrected chi connectivity index (χ0v) is 11.5. The molecule has 4 nitrogen and oxygen atoms in total. The fourth-order valence-corrected chi connectivity index (χ4v) is 1.96. The van der Waals surface area contributed by atoms with Gasteiger partial charge in [0.15, 0.2) is 11.6 Å². The van der Waals surface area contributed by atoms with Gasteiger partial charge < -0.3 is 19.9 Å². The maximum atomic E-state index is 13.2. The summed E-state index contributed by atoms with van der Waals surface area (Å²) in [5.74, 6) is -0.861. The van der Waals surface area contributed by atoms with E-state index in [0.29, 0.717) is 23.6 Å². The molecule has 1 aromatic carbocycles. The second-order valence-electron chi connectivity index (χ2n) is 4.81. The average molecular weight is 297 g/mol. The van der Waals surface area contributed by atoms with E-state index in [-0.39, 0.29) is 6.61 Å². The van der Waals surface area contributed by atoms with E-state index in [1.807, 2.05) is 0 Å². The van der Waals surface area contributed by atoms with E-state index in [9.17, 15) is 13.9 Å². The van der Waals surface area contributed by atoms with Gasteiger partial charge in [0, 0.05) is 6.04 Å². The summed E-state index contributed by atoms with van der Waals surface area (Å²) in [6.45, 7) is 1.90. The van der Waals surface area contributed by atoms with Crippen LogP contribution in [0.4, 0.5) is 8.78 Å². The minimum Gasteiger partial charge on any atom is -0.462 e. The molecule has 0 radical (unpaired) electrons. The molecule has 2 unspecified atom stereocenters. The molecule has 0 bridgehead atoms. The predicted molar refractivity (Wildman–Crippen MR) is 72.3 cm³/mol. The zero-order chi connectivity index (χ0) is 15.4. The van der Waals surface area contributed by atoms with Gasteiger partial charge >= 0.3 is 0 Å². The van der Waals surface area contributed by atoms with Gasteiger partial charge in [-0.2, -0.15) is 0 Å². The van der Waals surface area contributed by atoms with Crippen molar-refractivity contribution in [3.8, 4) is 0 Å². The Kier molecular flexibility index (Phi) is 5.06. The van der Waals surface area contributed by atoms with Crippen LogP contribution in [0.5, 0.6) is 0 Å². The molecule has 0 saturated heterocycles. The van der Waals surface area contributed by atoms with Crippen molar-refractivity contribution in [2.45, 2.75) is 32.2 Å². The van der Waals surface area contributed by atoms with E-state index in [4.69, 9.17) is 9.52 Å². The van der Waals surface area contributed by atoms with Crippen LogP contribution >= 0.6 is 0 Å². The highest BCUT2D eigenvalue weighted by Crippen LogP contribution is 2.19. The Hall–Kier alpha value is -1.76. The summed E-state index contributed by atoms with van der Waals surface area (Å²) < 4.78 is 31.3. The van der Waals surface area contributed by atoms with Gasteiger partial charge in [0.2, 0.25) is 0 Å². The molecule has 2 rings (SSSR count). The lowest BCUT2D eigenvalue weighted by atomic mass is 10.0. The predicted octanol–water partition coefficient (Wildman–Crippen LogP) is 2.26. The number of furan rings is 1. The van der Waals surface area contributed by atoms with Crippen LogP contribution in [0.3, 0.4) is 0 Å². The number of nitrogens with one attached hydrogen (secondary N) is 1. The first-order chi connectivity index (χ1) is 10.0. The third-order valence-corrected chi connectivity index (χ3v) is 3.23. The largest absolute Gasteiger partial charge is 0.462 e. The fraction of sp³-hybridized carbons (Fsp3) is 0.333. The Morgan fingerprint density at radius 1 is 1.14 bits per heavy atom. The Labute approximate surface area is 121 Å². The molecule has 2 aromatic rings. The lowest BCUT2D eigenvalue weighted by Crippen LogP contribution is -2.31. The van der Waals surface area contributed by atoms with Crippen LogP contribution in [-0.2, 0) is 13.2 Å². The summed E-state index contributed by atoms with van der Waals surface area (Å²) in [6, 6.07) is 6.30. The molecule has 114 valence electrons. The fourth-order valence-electron chi connectivity index (χ4n) is 1.96. The van der Waals surface area contributed by atoms with E-state index < -0.39 is 23.8 Å². The van der Waals surface area contributed by atoms with Crippen molar-refractivity contribution in [1.82, 2.24) is 5.32 Å². The van der Waals surface area contributed by atoms with Crippen molar-refractivity contribution in [1.29, 1.82) is 0 Å². The normalized spacial score (nSPS) is 14.1. The monoisotopic (exact) mass is 297 g/mol. The zero-order valence-electron chi connectivity index (χ0n) is 11.5. The van der Waals surface area contributed by atoms with E-state index >= 15 is 0 Å². The molecule has 3 N–H and O–H groups in total. The van der Waals surface area contributed by atoms with Gasteiger partial charge in [-0.3, -0.25) is 0 Å². The smallest absolute Gasteiger partial charge is 0.159 e. The van der Waals surface area contributed by atoms with Crippen LogP contribution in [0, 0.1) is 11.6 Å². The van der Waals surface area contributed by atoms with Crippen molar-refractivity contribution in [2.75, 3.05) is 0 Å². The van der Waals surface area contributed by atoms with Gasteiger partial charge in [-0.1, -0.05) is 6.07 Å². The first-order valence-corrected chi connectivity index (χ1v) is 6.56. The minimum absolute atomic E-state index is 0.174. The Morgan fingerprint density at radius 3 is 2.48 bits per heavy atom. The summed E-state index contributed by atoms with van der Waals surface area (Å²) >= 11 is 0. The topological polar surface area (TPSA) is 65.6 Å². The highest BCUT2D eigenvalue weighted by atomic mass is 19.2. The summed E-state index contributed by atoms with van der Waals surface area (Å²) in [7, 11) is 0. The van der Waals surface area contributed by atoms with Gasteiger partial charge in [-0.25, -0.2) is 8.78 Å². The van der Waals surface area contributed by atoms with Gasteiger partial charge in [-0.05, 0) is 36.8 Å². The molecule has 1 aromatic heterocycles. The van der Waals surface area contributed by atoms with Crippen molar-refractivity contribution in [3.05, 3.63) is 59.1 Å². The quantitative estimate of drug-likeness (QED) is 0.765. The second kappa shape index (κ2) is 6.80. The van der Waals surface area contributed by atoms with Gasteiger partial charge in [-0.15, -0.1) is 0 Å². The maximum Gasteiger partial charge on any atom is 0.159 e. The molecule has 0 aliphatic rings. The van der Waals surface area contributed by atoms with E-state index in [0.717, 1.165) is 12.1 Å². The molecule has 6 heteroatoms. The first kappa shape index (κ1) is 15.6. The first-order valence-electron chi connectivity index (χ1n) is 6.56. The highest BCUT2D eigenvalue weighted by molar-refractivity contribution is 5.21. The Balaban J connectivity index is 1.95. The van der Waals surface area contributed by atoms with Crippen molar-refractivity contribution in [3.63, 3.8) is 0 Å². The number of aliphatic hydroxyl groups is 2. The number of hydrogen-bond acceptors (Lipinski definition) is 4. The van der Waals surface area contributed by atoms with Crippen molar-refractivity contribution in [2.24, 2.45) is 0 Å². The lowest BCUT2D eigenvalue weighted by Gasteiger charge is -2.20. The number of hydrogen-bond donors (Lipinski definition) is 3. The third kappa shape index (κ3) is 3.87. The van der Waals surface area contributed by atoms with Crippen LogP contribution < -0.4 is 5.32 Å². The SMILES string of the molecule is CC(NCc1ccc(CO)o1)C(O)c1ccc(F)c(F)c1. The van der Waals surface area contributed by atoms with E-state index in [2.05, 4.69) is 5.32 Å². The minimum atomic E-state index is -0.989. The molecule has 0 aliphatic heterocycles. The second-order valence-corrected chi connectivity index (χ2v) is 4.81. The maximum absolute atomic E-state index is 13.2. The molecule has 0 amide bonds. The molecule has 0 spiro atoms. The van der Waals surface area contributed by atoms with Crippen LogP contribution in [0.15, 0.2) is 34.7 Å². The van der Waals surface area contributed by atoms with Crippen LogP contribution in [0.1, 0.15) is 30.1 Å². The number of benzene rings is 1. The summed E-state index contributed by atoms with van der Waals surface area (Å²) in [6.07, 6.45) is -0.979. The molecular weight excluding hydrogens is 280 g/mol. The van der Waals surface area contributed by atoms with Crippen molar-refractivity contribution >= 4 is 0 Å². The number of halogens is 2. The van der Waals surface area contributed by atoms with Gasteiger partial charge in [0.1, 0.15) is 18.1 Å². The molecule has 0 fully saturated rings. The van der Waals surface area contributed by atoms with Gasteiger partial charge in [0.05, 0.1) is 12.6 Å². The standard InChI is InChI=1S/C15H17F2NO3/c1-9(18-7-11-3-4-12(8-19)21-11)15(20)10-2-5-13(16)14(17)6-10/h2-6,9,15,18-20H,7-8H2,1H3. The number of aliphatic hydroxyl groups excluding tert-OH is 2. The van der Waals surface area contributed by atoms with E-state index in [1.165, 1.54) is 6.07 Å². The van der Waals surface area contributed by atoms with Crippen molar-refractivity contribution < 1.29 is 23.4 Å². The summed E-state index contributed by atoms with van der Waals surface area (Å²) in [4.78, 5) is 0. The molecular formula is C15H17F2NO3. The average Bonchev–Trinajstić information content (AvgIpc) is 2.95. The summed E-state index contributed by atoms with van der Waals surface area (Å²) in [5, 5.41) is 22.0. The molecule has 21 heavy (non-hydrogen) atoms. The number of rotatable bonds is 6. The van der Waals surface area contributed by atoms with E-state index in [1.54, 1.807) is 19.1 Å². The molecule has 0 aliphatic carbocycles. The lowest BCUT2D eigenvalue weighted by molar-refractivity contribution is 0.133. The Morgan fingerprint density at radius 2 is 1.86 bits per heavy atom. The highest BCUT2D eigenvalue weighted by Gasteiger charge is 2.18. The molecule has 1 heterocycles. The van der Waals surface area contributed by atoms with Gasteiger partial charge in [0.25, 0.3) is 0 Å². The summed E-state index contributed by atoms with van der Waals surface area (Å²) in [5.41, 5.74) is 0.296.